The third-order valence-electron chi connectivity index (χ3n) is 12.6. The molecule has 0 saturated heterocycles. The van der Waals surface area contributed by atoms with Crippen LogP contribution in [0.3, 0.4) is 0 Å². The molecule has 0 aliphatic carbocycles. The van der Waals surface area contributed by atoms with Crippen molar-refractivity contribution in [3.05, 3.63) is 114 Å². The molecule has 10 rings (SSSR count). The van der Waals surface area contributed by atoms with Gasteiger partial charge in [0.1, 0.15) is 67.9 Å². The minimum absolute atomic E-state index is 0. The Bertz CT molecular complexity index is 2530. The molecule has 6 bridgehead atoms. The Morgan fingerprint density at radius 1 is 0.512 bits per heavy atom. The van der Waals surface area contributed by atoms with Gasteiger partial charge in [-0.15, -0.1) is 10.2 Å². The van der Waals surface area contributed by atoms with Crippen molar-refractivity contribution >= 4 is 11.8 Å². The predicted octanol–water partition coefficient (Wildman–Crippen LogP) is 6.66. The summed E-state index contributed by atoms with van der Waals surface area (Å²) in [4.78, 5) is 26.2. The molecule has 0 atom stereocenters. The van der Waals surface area contributed by atoms with Gasteiger partial charge in [-0.25, -0.2) is 4.57 Å². The molecule has 2 N–H and O–H groups in total. The third-order valence-corrected chi connectivity index (χ3v) is 12.6. The van der Waals surface area contributed by atoms with Gasteiger partial charge in [0.25, 0.3) is 11.8 Å². The number of hydrogen-bond donors (Lipinski definition) is 2. The van der Waals surface area contributed by atoms with Gasteiger partial charge >= 0.3 is 0 Å². The number of rotatable bonds is 14. The van der Waals surface area contributed by atoms with Gasteiger partial charge in [-0.3, -0.25) is 19.0 Å². The first-order valence-electron chi connectivity index (χ1n) is 28.9. The minimum atomic E-state index is -0.285. The fourth-order valence-corrected chi connectivity index (χ4v) is 8.12. The molecule has 0 fully saturated rings. The van der Waals surface area contributed by atoms with Crippen molar-refractivity contribution in [2.75, 3.05) is 92.4 Å². The van der Waals surface area contributed by atoms with Crippen LogP contribution in [0.5, 0.6) is 23.0 Å². The monoisotopic (exact) mass is 1200 g/mol. The molecule has 0 unspecified atom stereocenters. The second kappa shape index (κ2) is 39.1. The smallest absolute Gasteiger partial charge is 0.251 e. The van der Waals surface area contributed by atoms with Crippen LogP contribution in [0.4, 0.5) is 0 Å². The zero-order valence-corrected chi connectivity index (χ0v) is 51.4. The Morgan fingerprint density at radius 3 is 1.23 bits per heavy atom. The minimum Gasteiger partial charge on any atom is -1.00 e. The summed E-state index contributed by atoms with van der Waals surface area (Å²) >= 11 is 0. The normalized spacial score (nSPS) is 14.3. The number of carbonyl (C=O) groups is 2. The fraction of sp³-hybridized carbons (Fsp3) is 0.532. The molecule has 82 heavy (non-hydrogen) atoms. The molecular weight excluding hydrogens is 1110 g/mol. The van der Waals surface area contributed by atoms with Crippen molar-refractivity contribution in [3.63, 3.8) is 0 Å². The van der Waals surface area contributed by atoms with Crippen molar-refractivity contribution in [3.8, 4) is 45.5 Å². The van der Waals surface area contributed by atoms with Crippen LogP contribution < -0.4 is 51.1 Å². The SMILES string of the molecule is CC(C)(C)c1cc2cc(c1)C(=O)NCCOc1ccc(cc1)OCCOCCOCCOCCOc1ccc(cc1)OCCNC2=O.CCCCCCn1cc(-c2cc(-c3cn(CCCCCC)nn3)c[n+](C)c2)nn1.CCOCC.[Br-]. The van der Waals surface area contributed by atoms with Gasteiger partial charge in [-0.05, 0) is 110 Å². The van der Waals surface area contributed by atoms with Crippen LogP contribution in [0.15, 0.2) is 97.6 Å². The van der Waals surface area contributed by atoms with E-state index in [1.807, 2.05) is 129 Å². The first-order chi connectivity index (χ1) is 39.4. The number of nitrogens with one attached hydrogen (secondary N) is 2. The Morgan fingerprint density at radius 2 is 0.878 bits per heavy atom. The molecular formula is C62H90BrN9O10. The largest absolute Gasteiger partial charge is 1.00 e. The van der Waals surface area contributed by atoms with Crippen LogP contribution in [0.2, 0.25) is 0 Å². The van der Waals surface area contributed by atoms with Gasteiger partial charge in [0.2, 0.25) is 0 Å². The van der Waals surface area contributed by atoms with E-state index in [9.17, 15) is 9.59 Å². The van der Waals surface area contributed by atoms with E-state index in [0.717, 1.165) is 67.2 Å². The molecule has 0 radical (unpaired) electrons. The van der Waals surface area contributed by atoms with Crippen molar-refractivity contribution in [1.82, 2.24) is 40.6 Å². The van der Waals surface area contributed by atoms with Crippen LogP contribution in [0.25, 0.3) is 22.5 Å². The first-order valence-corrected chi connectivity index (χ1v) is 28.9. The number of benzene rings is 3. The summed E-state index contributed by atoms with van der Waals surface area (Å²) in [6.07, 6.45) is 18.0. The zero-order chi connectivity index (χ0) is 57.9. The molecule has 3 aromatic heterocycles. The lowest BCUT2D eigenvalue weighted by Crippen LogP contribution is -3.00. The Balaban J connectivity index is 0.000000351. The van der Waals surface area contributed by atoms with Crippen LogP contribution in [0.1, 0.15) is 126 Å². The Hall–Kier alpha value is -6.45. The van der Waals surface area contributed by atoms with Crippen LogP contribution in [-0.4, -0.2) is 134 Å². The number of hydrogen-bond acceptors (Lipinski definition) is 14. The summed E-state index contributed by atoms with van der Waals surface area (Å²) in [6, 6.07) is 21.9. The van der Waals surface area contributed by atoms with Crippen molar-refractivity contribution in [1.29, 1.82) is 0 Å². The average Bonchev–Trinajstić information content (AvgIpc) is 4.26. The maximum Gasteiger partial charge on any atom is 0.251 e. The highest BCUT2D eigenvalue weighted by molar-refractivity contribution is 6.00. The second-order valence-electron chi connectivity index (χ2n) is 20.3. The third kappa shape index (κ3) is 26.2. The quantitative estimate of drug-likeness (QED) is 0.0868. The van der Waals surface area contributed by atoms with Crippen LogP contribution in [0, 0.1) is 0 Å². The van der Waals surface area contributed by atoms with E-state index in [1.165, 1.54) is 38.5 Å². The number of aromatic nitrogens is 7. The molecule has 6 aromatic rings. The topological polar surface area (TPSA) is 197 Å². The van der Waals surface area contributed by atoms with E-state index in [0.29, 0.717) is 87.0 Å². The Kier molecular flexibility index (Phi) is 32.5. The number of ether oxygens (including phenoxy) is 8. The molecule has 0 spiro atoms. The van der Waals surface area contributed by atoms with Crippen molar-refractivity contribution in [2.45, 2.75) is 118 Å². The van der Waals surface area contributed by atoms with Crippen molar-refractivity contribution < 1.29 is 69.0 Å². The molecule has 450 valence electrons. The summed E-state index contributed by atoms with van der Waals surface area (Å²) in [6.45, 7) is 22.8. The number of unbranched alkanes of at least 4 members (excludes halogenated alkanes) is 6. The van der Waals surface area contributed by atoms with E-state index in [1.54, 1.807) is 6.07 Å². The van der Waals surface area contributed by atoms with E-state index in [-0.39, 0.29) is 60.5 Å². The summed E-state index contributed by atoms with van der Waals surface area (Å²) in [7, 11) is 2.03. The molecule has 4 aliphatic rings. The lowest BCUT2D eigenvalue weighted by Gasteiger charge is -2.21. The summed E-state index contributed by atoms with van der Waals surface area (Å²) in [5.41, 5.74) is 5.29. The van der Waals surface area contributed by atoms with Crippen LogP contribution in [-0.2, 0) is 44.5 Å². The summed E-state index contributed by atoms with van der Waals surface area (Å²) < 4.78 is 50.4. The number of amides is 2. The summed E-state index contributed by atoms with van der Waals surface area (Å²) in [5.74, 6) is 2.14. The lowest BCUT2D eigenvalue weighted by molar-refractivity contribution is -0.670. The predicted molar refractivity (Wildman–Crippen MR) is 313 cm³/mol. The van der Waals surface area contributed by atoms with Crippen LogP contribution >= 0.6 is 0 Å². The van der Waals surface area contributed by atoms with Gasteiger partial charge in [-0.1, -0.05) is 83.6 Å². The highest BCUT2D eigenvalue weighted by atomic mass is 79.9. The number of aryl methyl sites for hydroxylation is 3. The molecule has 4 aliphatic heterocycles. The second-order valence-corrected chi connectivity index (χ2v) is 20.3. The molecule has 0 saturated carbocycles. The summed E-state index contributed by atoms with van der Waals surface area (Å²) in [5, 5.41) is 23.1. The van der Waals surface area contributed by atoms with E-state index in [4.69, 9.17) is 37.9 Å². The van der Waals surface area contributed by atoms with E-state index < -0.39 is 0 Å². The van der Waals surface area contributed by atoms with Gasteiger partial charge in [0.05, 0.1) is 76.3 Å². The van der Waals surface area contributed by atoms with Gasteiger partial charge < -0.3 is 65.5 Å². The maximum atomic E-state index is 13.1. The maximum absolute atomic E-state index is 13.1. The van der Waals surface area contributed by atoms with E-state index in [2.05, 4.69) is 63.6 Å². The fourth-order valence-electron chi connectivity index (χ4n) is 8.12. The highest BCUT2D eigenvalue weighted by Crippen LogP contribution is 2.26. The van der Waals surface area contributed by atoms with Gasteiger partial charge in [0.15, 0.2) is 12.4 Å². The number of pyridine rings is 1. The lowest BCUT2D eigenvalue weighted by atomic mass is 9.85. The van der Waals surface area contributed by atoms with Gasteiger partial charge in [0, 0.05) is 37.4 Å². The molecule has 2 amide bonds. The highest BCUT2D eigenvalue weighted by Gasteiger charge is 2.20. The number of nitrogens with zero attached hydrogens (tertiary/aromatic N) is 7. The molecule has 20 heteroatoms. The van der Waals surface area contributed by atoms with E-state index >= 15 is 0 Å². The molecule has 19 nitrogen and oxygen atoms in total. The number of carbonyl (C=O) groups excluding carboxylic acids is 2. The standard InChI is InChI=1S/C36H46N2O9.C22H34N7.C4H10O.BrH/c1-36(2,3)29-25-27-24-28(26-29)35(40)38-13-15-45-31-6-10-33(11-7-31)47-23-21-43-19-17-41-16-18-42-20-22-46-32-8-4-30(5-9-32)44-14-12-37-34(27)39;1-4-6-8-10-12-28-17-21(23-25-28)19-14-20(16-27(3)15-19)22-18-29(26-24-22)13-11-9-7-5-2;1-3-5-4-2;/h4-11,24-26H,12-23H2,1-3H3,(H,37,39)(H,38,40);14-18H,4-13H2,1-3H3;3-4H2,1-2H3;1H/q;+1;;/p-1. The first kappa shape index (κ1) is 68.1. The van der Waals surface area contributed by atoms with Gasteiger partial charge in [-0.2, -0.15) is 0 Å². The molecule has 3 aromatic carbocycles. The average molecular weight is 1200 g/mol. The Labute approximate surface area is 496 Å². The number of halogens is 1. The van der Waals surface area contributed by atoms with Crippen molar-refractivity contribution in [2.24, 2.45) is 7.05 Å². The zero-order valence-electron chi connectivity index (χ0n) is 49.8. The molecule has 7 heterocycles.